The summed E-state index contributed by atoms with van der Waals surface area (Å²) in [7, 11) is 0. The Morgan fingerprint density at radius 1 is 0.385 bits per heavy atom. The predicted octanol–water partition coefficient (Wildman–Crippen LogP) is 8.68. The van der Waals surface area contributed by atoms with Gasteiger partial charge in [-0.3, -0.25) is 0 Å². The summed E-state index contributed by atoms with van der Waals surface area (Å²) in [5.74, 6) is 0. The van der Waals surface area contributed by atoms with Crippen molar-refractivity contribution in [2.75, 3.05) is 52.4 Å². The molecule has 0 aromatic carbocycles. The van der Waals surface area contributed by atoms with Crippen molar-refractivity contribution >= 4 is 37.2 Å². The van der Waals surface area contributed by atoms with Crippen molar-refractivity contribution in [3.63, 3.8) is 0 Å². The van der Waals surface area contributed by atoms with Gasteiger partial charge in [0.15, 0.2) is 26.7 Å². The first-order chi connectivity index (χ1) is 14.9. The van der Waals surface area contributed by atoms with Crippen LogP contribution in [0.15, 0.2) is 0 Å². The van der Waals surface area contributed by atoms with E-state index >= 15 is 0 Å². The zero-order chi connectivity index (χ0) is 25.6. The molecule has 4 nitrogen and oxygen atoms in total. The second kappa shape index (κ2) is 66.7. The van der Waals surface area contributed by atoms with Gasteiger partial charge in [0.2, 0.25) is 0 Å². The summed E-state index contributed by atoms with van der Waals surface area (Å²) in [5.41, 5.74) is 0. The van der Waals surface area contributed by atoms with Crippen LogP contribution in [0.5, 0.6) is 0 Å². The summed E-state index contributed by atoms with van der Waals surface area (Å²) >= 11 is 0. The van der Waals surface area contributed by atoms with Crippen molar-refractivity contribution in [2.45, 2.75) is 25.7 Å². The smallest absolute Gasteiger partial charge is 0.154 e. The van der Waals surface area contributed by atoms with Gasteiger partial charge in [-0.1, -0.05) is 12.8 Å². The second-order valence-electron chi connectivity index (χ2n) is 5.19. The van der Waals surface area contributed by atoms with Crippen molar-refractivity contribution in [3.8, 4) is 0 Å². The molecule has 0 spiro atoms. The van der Waals surface area contributed by atoms with Crippen molar-refractivity contribution in [1.29, 1.82) is 0 Å². The molecule has 0 amide bonds. The molecule has 252 valence electrons. The van der Waals surface area contributed by atoms with E-state index in [1.54, 1.807) is 0 Å². The first-order valence-electron chi connectivity index (χ1n) is 9.02. The molecule has 0 bridgehead atoms. The number of hydrogen-bond donors (Lipinski definition) is 3. The van der Waals surface area contributed by atoms with E-state index in [9.17, 15) is 52.7 Å². The van der Waals surface area contributed by atoms with Gasteiger partial charge >= 0.3 is 0 Å². The number of rotatable bonds is 0. The average molecular weight is 706 g/mol. The van der Waals surface area contributed by atoms with E-state index in [-0.39, 0.29) is 81.2 Å². The first-order valence-corrected chi connectivity index (χ1v) is 9.02. The van der Waals surface area contributed by atoms with Crippen LogP contribution in [0.1, 0.15) is 25.7 Å². The quantitative estimate of drug-likeness (QED) is 0.134. The first kappa shape index (κ1) is 72.1. The van der Waals surface area contributed by atoms with E-state index in [1.807, 2.05) is 0 Å². The molecule has 1 aliphatic rings. The van der Waals surface area contributed by atoms with Crippen molar-refractivity contribution in [3.05, 3.63) is 54.3 Å². The largest absolute Gasteiger partial charge is 0.662 e. The van der Waals surface area contributed by atoms with Gasteiger partial charge in [-0.25, -0.2) is 0 Å². The minimum atomic E-state index is -3.08. The maximum absolute atomic E-state index is 9.58. The third-order valence-electron chi connectivity index (χ3n) is 2.75. The predicted molar refractivity (Wildman–Crippen MR) is 137 cm³/mol. The minimum absolute atomic E-state index is 0. The molecule has 1 fully saturated rings. The molecule has 39 heavy (non-hydrogen) atoms. The Balaban J connectivity index is -0.0000000323. The number of nitrogens with zero attached hydrogens (tertiary/aromatic N) is 1. The van der Waals surface area contributed by atoms with Crippen LogP contribution < -0.4 is 16.0 Å². The van der Waals surface area contributed by atoms with Crippen LogP contribution in [0, 0.1) is 49.0 Å². The van der Waals surface area contributed by atoms with Crippen LogP contribution in [-0.2, 0) is 21.7 Å². The Hall–Kier alpha value is 0.584. The number of halogens is 15. The molecule has 0 unspecified atom stereocenters. The normalized spacial score (nSPS) is 13.5. The summed E-state index contributed by atoms with van der Waals surface area (Å²) in [6.07, 6.45) is 4.82. The average Bonchev–Trinajstić information content (AvgIpc) is 2.60. The minimum Gasteiger partial charge on any atom is -0.662 e. The fourth-order valence-corrected chi connectivity index (χ4v) is 1.80. The monoisotopic (exact) mass is 704 g/mol. The molecule has 1 heterocycles. The third-order valence-corrected chi connectivity index (χ3v) is 2.75. The fraction of sp³-hybridized carbons (Fsp3) is 0.632. The zero-order valence-electron chi connectivity index (χ0n) is 21.7. The molecular formula is C19H39Cl3F12N4Ti-8. The van der Waals surface area contributed by atoms with Crippen LogP contribution in [0.3, 0.4) is 0 Å². The van der Waals surface area contributed by atoms with E-state index in [2.05, 4.69) is 21.3 Å². The fourth-order valence-electron chi connectivity index (χ4n) is 1.80. The zero-order valence-corrected chi connectivity index (χ0v) is 25.7. The van der Waals surface area contributed by atoms with Crippen LogP contribution in [0.25, 0.3) is 5.32 Å². The maximum Gasteiger partial charge on any atom is 0.154 e. The molecular weight excluding hydrogens is 666 g/mol. The van der Waals surface area contributed by atoms with Crippen molar-refractivity contribution in [1.82, 2.24) is 16.0 Å². The topological polar surface area (TPSA) is 50.2 Å². The molecule has 0 aliphatic carbocycles. The van der Waals surface area contributed by atoms with Crippen molar-refractivity contribution in [2.24, 2.45) is 0 Å². The van der Waals surface area contributed by atoms with Crippen LogP contribution >= 0.6 is 37.2 Å². The Kier molecular flexibility index (Phi) is 123. The van der Waals surface area contributed by atoms with Crippen LogP contribution in [-0.4, -0.2) is 52.4 Å². The Bertz CT molecular complexity index is 232. The maximum atomic E-state index is 9.58. The second-order valence-corrected chi connectivity index (χ2v) is 5.19. The summed E-state index contributed by atoms with van der Waals surface area (Å²) in [6.45, 7) is -3.54. The van der Waals surface area contributed by atoms with Gasteiger partial charge in [0, 0.05) is 21.7 Å². The molecule has 0 saturated carbocycles. The molecule has 0 radical (unpaired) electrons. The standard InChI is InChI=1S/C12H27N4.4CF3.3CH3.3ClH.Ti/c1-5-13-7-2-9-15-11-4-12-16-10-3-8-14-6-1;4*2-1(3)4;;;;;;;/h13-15H,1-12H2;;;;;3*1H3;3*1H;/q8*-1;;;;. The van der Waals surface area contributed by atoms with E-state index in [1.165, 1.54) is 25.7 Å². The summed E-state index contributed by atoms with van der Waals surface area (Å²) in [5, 5.41) is 14.9. The number of nitrogens with one attached hydrogen (secondary N) is 3. The Morgan fingerprint density at radius 3 is 0.718 bits per heavy atom. The van der Waals surface area contributed by atoms with E-state index in [0.29, 0.717) is 0 Å². The summed E-state index contributed by atoms with van der Waals surface area (Å²) < 4.78 is 115. The Morgan fingerprint density at radius 2 is 0.538 bits per heavy atom. The molecule has 0 atom stereocenters. The van der Waals surface area contributed by atoms with Gasteiger partial charge in [0.25, 0.3) is 0 Å². The summed E-state index contributed by atoms with van der Waals surface area (Å²) in [4.78, 5) is 0. The molecule has 20 heteroatoms. The third kappa shape index (κ3) is 188. The van der Waals surface area contributed by atoms with Gasteiger partial charge in [-0.05, 0) is 52.1 Å². The van der Waals surface area contributed by atoms with Crippen LogP contribution in [0.4, 0.5) is 52.7 Å². The summed E-state index contributed by atoms with van der Waals surface area (Å²) in [6, 6.07) is 0. The number of hydrogen-bond acceptors (Lipinski definition) is 3. The van der Waals surface area contributed by atoms with Gasteiger partial charge in [-0.2, -0.15) is 0 Å². The van der Waals surface area contributed by atoms with Gasteiger partial charge in [0.1, 0.15) is 0 Å². The van der Waals surface area contributed by atoms with E-state index < -0.39 is 26.7 Å². The molecule has 1 aliphatic heterocycles. The molecule has 0 aromatic heterocycles. The van der Waals surface area contributed by atoms with E-state index in [4.69, 9.17) is 0 Å². The van der Waals surface area contributed by atoms with Gasteiger partial charge in [-0.15, -0.1) is 50.3 Å². The SMILES string of the molecule is C1C[N-]CCCNCCCNCCCNC1.Cl.Cl.Cl.F[C-](F)F.F[C-](F)F.F[C-](F)F.F[C-](F)F.[CH3-].[CH3-].[CH3-].[Ti]. The molecule has 1 rings (SSSR count). The van der Waals surface area contributed by atoms with Gasteiger partial charge < -0.3 is 96.2 Å². The van der Waals surface area contributed by atoms with Crippen molar-refractivity contribution < 1.29 is 74.4 Å². The molecule has 3 N–H and O–H groups in total. The van der Waals surface area contributed by atoms with E-state index in [0.717, 1.165) is 52.4 Å². The van der Waals surface area contributed by atoms with Gasteiger partial charge in [0.05, 0.1) is 0 Å². The van der Waals surface area contributed by atoms with Crippen LogP contribution in [0.2, 0.25) is 0 Å². The Labute approximate surface area is 259 Å². The molecule has 0 aromatic rings. The molecule has 1 saturated heterocycles.